The van der Waals surface area contributed by atoms with Gasteiger partial charge in [0.1, 0.15) is 11.6 Å². The number of ether oxygens (including phenoxy) is 1. The summed E-state index contributed by atoms with van der Waals surface area (Å²) in [7, 11) is 0. The minimum absolute atomic E-state index is 0.0549. The number of hydrogen-bond acceptors (Lipinski definition) is 8. The summed E-state index contributed by atoms with van der Waals surface area (Å²) in [5, 5.41) is 3.05. The lowest BCUT2D eigenvalue weighted by Crippen LogP contribution is -2.46. The molecule has 2 aliphatic rings. The molecule has 3 N–H and O–H groups in total. The molecule has 174 valence electrons. The highest BCUT2D eigenvalue weighted by Gasteiger charge is 2.32. The summed E-state index contributed by atoms with van der Waals surface area (Å²) in [6, 6.07) is 6.14. The van der Waals surface area contributed by atoms with Crippen LogP contribution in [0.1, 0.15) is 36.9 Å². The number of amides is 1. The van der Waals surface area contributed by atoms with Crippen molar-refractivity contribution in [1.29, 1.82) is 0 Å². The number of nitrogen functional groups attached to an aromatic ring is 1. The van der Waals surface area contributed by atoms with E-state index in [1.54, 1.807) is 6.07 Å². The predicted octanol–water partition coefficient (Wildman–Crippen LogP) is 1.96. The van der Waals surface area contributed by atoms with Crippen LogP contribution in [0.15, 0.2) is 22.6 Å². The van der Waals surface area contributed by atoms with Crippen LogP contribution in [-0.2, 0) is 22.6 Å². The molecule has 9 heteroatoms. The molecule has 0 radical (unpaired) electrons. The van der Waals surface area contributed by atoms with E-state index in [-0.39, 0.29) is 11.8 Å². The number of nitrogens with zero attached hydrogens (tertiary/aromatic N) is 4. The standard InChI is InChI=1S/C23H34N6O3/c1-3-17-11-18(22(30)25-12-19-5-4-6-21(24)26-19)14-28(13-17)15-20-16(2)32-23(27-20)29-7-9-31-10-8-29/h4-6,17-18H,3,7-15H2,1-2H3,(H2,24,26)(H,25,30)/t17-,18-/m1/s1. The highest BCUT2D eigenvalue weighted by Crippen LogP contribution is 2.27. The molecular weight excluding hydrogens is 408 g/mol. The van der Waals surface area contributed by atoms with E-state index in [4.69, 9.17) is 19.9 Å². The number of nitrogens with two attached hydrogens (primary N) is 1. The lowest BCUT2D eigenvalue weighted by atomic mass is 9.87. The third-order valence-corrected chi connectivity index (χ3v) is 6.37. The Hall–Kier alpha value is -2.65. The van der Waals surface area contributed by atoms with Crippen molar-refractivity contribution in [2.24, 2.45) is 11.8 Å². The van der Waals surface area contributed by atoms with Crippen molar-refractivity contribution >= 4 is 17.7 Å². The summed E-state index contributed by atoms with van der Waals surface area (Å²) < 4.78 is 11.4. The number of rotatable bonds is 7. The fraction of sp³-hybridized carbons (Fsp3) is 0.609. The molecule has 2 saturated heterocycles. The molecule has 2 aromatic rings. The minimum atomic E-state index is -0.0549. The summed E-state index contributed by atoms with van der Waals surface area (Å²) in [5.41, 5.74) is 7.46. The van der Waals surface area contributed by atoms with Gasteiger partial charge in [0.25, 0.3) is 6.01 Å². The third kappa shape index (κ3) is 5.58. The van der Waals surface area contributed by atoms with E-state index in [1.807, 2.05) is 19.1 Å². The van der Waals surface area contributed by atoms with Gasteiger partial charge in [0, 0.05) is 32.7 Å². The van der Waals surface area contributed by atoms with Gasteiger partial charge < -0.3 is 25.1 Å². The van der Waals surface area contributed by atoms with Crippen LogP contribution in [0.3, 0.4) is 0 Å². The molecule has 2 aliphatic heterocycles. The Morgan fingerprint density at radius 3 is 2.81 bits per heavy atom. The van der Waals surface area contributed by atoms with Gasteiger partial charge in [-0.3, -0.25) is 9.69 Å². The lowest BCUT2D eigenvalue weighted by Gasteiger charge is -2.36. The zero-order valence-corrected chi connectivity index (χ0v) is 19.0. The Kier molecular flexibility index (Phi) is 7.26. The second kappa shape index (κ2) is 10.3. The van der Waals surface area contributed by atoms with Crippen LogP contribution in [0.4, 0.5) is 11.8 Å². The van der Waals surface area contributed by atoms with Crippen LogP contribution in [0.2, 0.25) is 0 Å². The van der Waals surface area contributed by atoms with Crippen molar-refractivity contribution < 1.29 is 13.9 Å². The monoisotopic (exact) mass is 442 g/mol. The van der Waals surface area contributed by atoms with Gasteiger partial charge in [0.2, 0.25) is 5.91 Å². The predicted molar refractivity (Wildman–Crippen MR) is 122 cm³/mol. The number of piperidine rings is 1. The molecule has 2 aromatic heterocycles. The molecule has 0 unspecified atom stereocenters. The van der Waals surface area contributed by atoms with Gasteiger partial charge in [-0.05, 0) is 31.4 Å². The van der Waals surface area contributed by atoms with Crippen molar-refractivity contribution in [3.8, 4) is 0 Å². The Morgan fingerprint density at radius 1 is 1.25 bits per heavy atom. The molecule has 32 heavy (non-hydrogen) atoms. The fourth-order valence-corrected chi connectivity index (χ4v) is 4.50. The molecular formula is C23H34N6O3. The van der Waals surface area contributed by atoms with Crippen LogP contribution in [-0.4, -0.2) is 60.2 Å². The molecule has 4 heterocycles. The lowest BCUT2D eigenvalue weighted by molar-refractivity contribution is -0.127. The number of anilines is 2. The number of aromatic nitrogens is 2. The SMILES string of the molecule is CC[C@@H]1C[C@@H](C(=O)NCc2cccc(N)n2)CN(Cc2nc(N3CCOCC3)oc2C)C1. The van der Waals surface area contributed by atoms with Crippen molar-refractivity contribution in [2.45, 2.75) is 39.8 Å². The average Bonchev–Trinajstić information content (AvgIpc) is 3.18. The molecule has 2 fully saturated rings. The summed E-state index contributed by atoms with van der Waals surface area (Å²) in [4.78, 5) is 26.5. The third-order valence-electron chi connectivity index (χ3n) is 6.37. The zero-order valence-electron chi connectivity index (χ0n) is 19.0. The van der Waals surface area contributed by atoms with Crippen molar-refractivity contribution in [3.63, 3.8) is 0 Å². The molecule has 1 amide bonds. The largest absolute Gasteiger partial charge is 0.429 e. The molecule has 0 bridgehead atoms. The molecule has 2 atom stereocenters. The van der Waals surface area contributed by atoms with E-state index in [0.29, 0.717) is 50.6 Å². The van der Waals surface area contributed by atoms with E-state index in [9.17, 15) is 4.79 Å². The van der Waals surface area contributed by atoms with Gasteiger partial charge >= 0.3 is 0 Å². The number of pyridine rings is 1. The summed E-state index contributed by atoms with van der Waals surface area (Å²) in [5.74, 6) is 1.81. The normalized spacial score (nSPS) is 22.1. The van der Waals surface area contributed by atoms with E-state index in [0.717, 1.165) is 49.6 Å². The number of morpholine rings is 1. The minimum Gasteiger partial charge on any atom is -0.429 e. The maximum atomic E-state index is 12.9. The van der Waals surface area contributed by atoms with Gasteiger partial charge in [-0.1, -0.05) is 19.4 Å². The van der Waals surface area contributed by atoms with Gasteiger partial charge in [0.15, 0.2) is 0 Å². The maximum Gasteiger partial charge on any atom is 0.297 e. The topological polar surface area (TPSA) is 110 Å². The number of carbonyl (C=O) groups excluding carboxylic acids is 1. The molecule has 9 nitrogen and oxygen atoms in total. The van der Waals surface area contributed by atoms with Crippen LogP contribution in [0.5, 0.6) is 0 Å². The number of aryl methyl sites for hydroxylation is 1. The second-order valence-electron chi connectivity index (χ2n) is 8.77. The van der Waals surface area contributed by atoms with E-state index in [1.165, 1.54) is 0 Å². The van der Waals surface area contributed by atoms with E-state index in [2.05, 4.69) is 27.0 Å². The molecule has 0 aromatic carbocycles. The Bertz CT molecular complexity index is 911. The molecule has 4 rings (SSSR count). The number of carbonyl (C=O) groups is 1. The first-order chi connectivity index (χ1) is 15.5. The first-order valence-corrected chi connectivity index (χ1v) is 11.5. The number of nitrogens with one attached hydrogen (secondary N) is 1. The van der Waals surface area contributed by atoms with E-state index < -0.39 is 0 Å². The van der Waals surface area contributed by atoms with Crippen LogP contribution in [0, 0.1) is 18.8 Å². The van der Waals surface area contributed by atoms with Crippen LogP contribution >= 0.6 is 0 Å². The fourth-order valence-electron chi connectivity index (χ4n) is 4.50. The Labute approximate surface area is 189 Å². The van der Waals surface area contributed by atoms with Gasteiger partial charge in [-0.25, -0.2) is 4.98 Å². The maximum absolute atomic E-state index is 12.9. The van der Waals surface area contributed by atoms with Crippen molar-refractivity contribution in [1.82, 2.24) is 20.2 Å². The summed E-state index contributed by atoms with van der Waals surface area (Å²) >= 11 is 0. The Balaban J connectivity index is 1.37. The van der Waals surface area contributed by atoms with Crippen LogP contribution in [0.25, 0.3) is 0 Å². The highest BCUT2D eigenvalue weighted by molar-refractivity contribution is 5.79. The van der Waals surface area contributed by atoms with Crippen molar-refractivity contribution in [2.75, 3.05) is 50.0 Å². The second-order valence-corrected chi connectivity index (χ2v) is 8.77. The van der Waals surface area contributed by atoms with Gasteiger partial charge in [-0.2, -0.15) is 4.98 Å². The zero-order chi connectivity index (χ0) is 22.5. The molecule has 0 saturated carbocycles. The first kappa shape index (κ1) is 22.5. The quantitative estimate of drug-likeness (QED) is 0.670. The molecule has 0 aliphatic carbocycles. The smallest absolute Gasteiger partial charge is 0.297 e. The van der Waals surface area contributed by atoms with Gasteiger partial charge in [-0.15, -0.1) is 0 Å². The highest BCUT2D eigenvalue weighted by atomic mass is 16.5. The van der Waals surface area contributed by atoms with E-state index >= 15 is 0 Å². The van der Waals surface area contributed by atoms with Crippen LogP contribution < -0.4 is 16.0 Å². The summed E-state index contributed by atoms with van der Waals surface area (Å²) in [6.07, 6.45) is 1.95. The Morgan fingerprint density at radius 2 is 2.06 bits per heavy atom. The van der Waals surface area contributed by atoms with Gasteiger partial charge in [0.05, 0.1) is 37.1 Å². The molecule has 0 spiro atoms. The summed E-state index contributed by atoms with van der Waals surface area (Å²) in [6.45, 7) is 9.91. The first-order valence-electron chi connectivity index (χ1n) is 11.5. The van der Waals surface area contributed by atoms with Crippen molar-refractivity contribution in [3.05, 3.63) is 35.3 Å². The number of hydrogen-bond donors (Lipinski definition) is 2. The number of oxazole rings is 1. The number of likely N-dealkylation sites (tertiary alicyclic amines) is 1. The average molecular weight is 443 g/mol.